The minimum absolute atomic E-state index is 0.291. The van der Waals surface area contributed by atoms with Gasteiger partial charge in [-0.05, 0) is 42.5 Å². The molecule has 0 bridgehead atoms. The summed E-state index contributed by atoms with van der Waals surface area (Å²) >= 11 is 0. The van der Waals surface area contributed by atoms with E-state index in [-0.39, 0.29) is 0 Å². The molecule has 1 aromatic carbocycles. The van der Waals surface area contributed by atoms with E-state index < -0.39 is 0 Å². The fourth-order valence-electron chi connectivity index (χ4n) is 4.43. The first kappa shape index (κ1) is 17.2. The van der Waals surface area contributed by atoms with Crippen LogP contribution in [0.3, 0.4) is 0 Å². The molecule has 6 heteroatoms. The number of hydrogen-bond acceptors (Lipinski definition) is 4. The number of nitrogens with two attached hydrogens (primary N) is 1. The van der Waals surface area contributed by atoms with Gasteiger partial charge < -0.3 is 10.6 Å². The first-order chi connectivity index (χ1) is 12.7. The normalized spacial score (nSPS) is 23.9. The van der Waals surface area contributed by atoms with Crippen LogP contribution in [0.4, 0.5) is 0 Å². The highest BCUT2D eigenvalue weighted by atomic mass is 16.2. The number of benzene rings is 1. The second-order valence-corrected chi connectivity index (χ2v) is 7.38. The Morgan fingerprint density at radius 1 is 1.19 bits per heavy atom. The van der Waals surface area contributed by atoms with Crippen molar-refractivity contribution >= 4 is 5.91 Å². The number of likely N-dealkylation sites (tertiary alicyclic amines) is 2. The molecule has 2 aliphatic heterocycles. The Bertz CT molecular complexity index is 727. The molecule has 0 spiro atoms. The Hall–Kier alpha value is -2.18. The van der Waals surface area contributed by atoms with Gasteiger partial charge >= 0.3 is 0 Å². The van der Waals surface area contributed by atoms with Gasteiger partial charge in [0.25, 0.3) is 0 Å². The Morgan fingerprint density at radius 2 is 2.04 bits per heavy atom. The molecule has 2 N–H and O–H groups in total. The molecule has 2 fully saturated rings. The number of piperidine rings is 2. The summed E-state index contributed by atoms with van der Waals surface area (Å²) < 4.78 is 1.88. The fourth-order valence-corrected chi connectivity index (χ4v) is 4.43. The zero-order chi connectivity index (χ0) is 17.9. The van der Waals surface area contributed by atoms with Crippen LogP contribution in [0.15, 0.2) is 42.7 Å². The van der Waals surface area contributed by atoms with E-state index in [2.05, 4.69) is 34.3 Å². The van der Waals surface area contributed by atoms with E-state index in [9.17, 15) is 4.79 Å². The van der Waals surface area contributed by atoms with Gasteiger partial charge in [-0.25, -0.2) is 4.68 Å². The second-order valence-electron chi connectivity index (χ2n) is 7.38. The summed E-state index contributed by atoms with van der Waals surface area (Å²) in [7, 11) is 0. The van der Waals surface area contributed by atoms with Crippen molar-refractivity contribution in [1.82, 2.24) is 19.6 Å². The van der Waals surface area contributed by atoms with Crippen molar-refractivity contribution in [1.29, 1.82) is 0 Å². The lowest BCUT2D eigenvalue weighted by atomic mass is 9.83. The van der Waals surface area contributed by atoms with Gasteiger partial charge in [-0.3, -0.25) is 9.69 Å². The van der Waals surface area contributed by atoms with Crippen LogP contribution >= 0.6 is 0 Å². The van der Waals surface area contributed by atoms with Gasteiger partial charge in [-0.15, -0.1) is 0 Å². The molecule has 2 aliphatic rings. The van der Waals surface area contributed by atoms with Gasteiger partial charge in [0.15, 0.2) is 0 Å². The van der Waals surface area contributed by atoms with Crippen LogP contribution in [0.2, 0.25) is 0 Å². The van der Waals surface area contributed by atoms with Crippen molar-refractivity contribution in [3.05, 3.63) is 48.3 Å². The number of rotatable bonds is 5. The van der Waals surface area contributed by atoms with Crippen molar-refractivity contribution in [3.8, 4) is 5.69 Å². The van der Waals surface area contributed by atoms with Crippen LogP contribution < -0.4 is 5.73 Å². The van der Waals surface area contributed by atoms with E-state index in [4.69, 9.17) is 5.73 Å². The van der Waals surface area contributed by atoms with E-state index in [0.717, 1.165) is 38.2 Å². The molecule has 1 amide bonds. The molecule has 3 heterocycles. The summed E-state index contributed by atoms with van der Waals surface area (Å²) in [5.74, 6) is 0.871. The van der Waals surface area contributed by atoms with Crippen LogP contribution in [0, 0.1) is 5.92 Å². The number of amides is 1. The molecule has 138 valence electrons. The first-order valence-electron chi connectivity index (χ1n) is 9.55. The Morgan fingerprint density at radius 3 is 2.77 bits per heavy atom. The number of carbonyl (C=O) groups excluding carboxylic acids is 1. The molecule has 2 atom stereocenters. The standard InChI is InChI=1S/C20H27N5O/c21-9-13-24-19-8-12-23(15-17(19)4-7-20(24)26)14-16-2-5-18(6-3-16)25-11-1-10-22-25/h1-3,5-6,10-11,17,19H,4,7-9,12-15,21H2. The molecule has 26 heavy (non-hydrogen) atoms. The molecule has 0 radical (unpaired) electrons. The fraction of sp³-hybridized carbons (Fsp3) is 0.500. The quantitative estimate of drug-likeness (QED) is 0.887. The lowest BCUT2D eigenvalue weighted by molar-refractivity contribution is -0.140. The molecule has 0 saturated carbocycles. The lowest BCUT2D eigenvalue weighted by Gasteiger charge is -2.47. The summed E-state index contributed by atoms with van der Waals surface area (Å²) in [5.41, 5.74) is 8.12. The predicted molar refractivity (Wildman–Crippen MR) is 101 cm³/mol. The van der Waals surface area contributed by atoms with Crippen molar-refractivity contribution in [2.24, 2.45) is 11.7 Å². The van der Waals surface area contributed by atoms with E-state index >= 15 is 0 Å². The van der Waals surface area contributed by atoms with Gasteiger partial charge in [0, 0.05) is 57.6 Å². The second kappa shape index (κ2) is 7.60. The molecule has 1 aromatic heterocycles. The molecular weight excluding hydrogens is 326 g/mol. The third-order valence-corrected chi connectivity index (χ3v) is 5.71. The zero-order valence-electron chi connectivity index (χ0n) is 15.1. The molecule has 4 rings (SSSR count). The lowest BCUT2D eigenvalue weighted by Crippen LogP contribution is -2.56. The van der Waals surface area contributed by atoms with Gasteiger partial charge in [0.05, 0.1) is 5.69 Å². The summed E-state index contributed by atoms with van der Waals surface area (Å²) in [5, 5.41) is 4.27. The topological polar surface area (TPSA) is 67.4 Å². The highest BCUT2D eigenvalue weighted by Gasteiger charge is 2.38. The minimum Gasteiger partial charge on any atom is -0.338 e. The van der Waals surface area contributed by atoms with E-state index in [1.165, 1.54) is 5.56 Å². The maximum absolute atomic E-state index is 12.2. The van der Waals surface area contributed by atoms with Crippen molar-refractivity contribution < 1.29 is 4.79 Å². The SMILES string of the molecule is NCCN1C(=O)CCC2CN(Cc3ccc(-n4cccn4)cc3)CCC21. The zero-order valence-corrected chi connectivity index (χ0v) is 15.1. The summed E-state index contributed by atoms with van der Waals surface area (Å²) in [6, 6.07) is 10.9. The van der Waals surface area contributed by atoms with Crippen LogP contribution in [0.5, 0.6) is 0 Å². The monoisotopic (exact) mass is 353 g/mol. The van der Waals surface area contributed by atoms with Crippen molar-refractivity contribution in [2.75, 3.05) is 26.2 Å². The molecular formula is C20H27N5O. The van der Waals surface area contributed by atoms with E-state index in [1.54, 1.807) is 6.20 Å². The van der Waals surface area contributed by atoms with Crippen LogP contribution in [0.1, 0.15) is 24.8 Å². The number of aromatic nitrogens is 2. The average Bonchev–Trinajstić information content (AvgIpc) is 3.20. The first-order valence-corrected chi connectivity index (χ1v) is 9.55. The average molecular weight is 353 g/mol. The Kier molecular flexibility index (Phi) is 5.04. The van der Waals surface area contributed by atoms with Gasteiger partial charge in [-0.1, -0.05) is 12.1 Å². The maximum Gasteiger partial charge on any atom is 0.222 e. The largest absolute Gasteiger partial charge is 0.338 e. The minimum atomic E-state index is 0.291. The van der Waals surface area contributed by atoms with Crippen LogP contribution in [0.25, 0.3) is 5.69 Å². The highest BCUT2D eigenvalue weighted by molar-refractivity contribution is 5.77. The predicted octanol–water partition coefficient (Wildman–Crippen LogP) is 1.64. The molecule has 2 saturated heterocycles. The third-order valence-electron chi connectivity index (χ3n) is 5.71. The van der Waals surface area contributed by atoms with Crippen LogP contribution in [-0.4, -0.2) is 57.7 Å². The van der Waals surface area contributed by atoms with Crippen molar-refractivity contribution in [2.45, 2.75) is 31.8 Å². The van der Waals surface area contributed by atoms with Gasteiger partial charge in [-0.2, -0.15) is 5.10 Å². The maximum atomic E-state index is 12.2. The summed E-state index contributed by atoms with van der Waals surface area (Å²) in [6.07, 6.45) is 6.49. The molecule has 6 nitrogen and oxygen atoms in total. The van der Waals surface area contributed by atoms with Gasteiger partial charge in [0.1, 0.15) is 0 Å². The molecule has 0 aliphatic carbocycles. The number of nitrogens with zero attached hydrogens (tertiary/aromatic N) is 4. The number of hydrogen-bond donors (Lipinski definition) is 1. The smallest absolute Gasteiger partial charge is 0.222 e. The van der Waals surface area contributed by atoms with E-state index in [0.29, 0.717) is 37.4 Å². The third kappa shape index (κ3) is 3.52. The highest BCUT2D eigenvalue weighted by Crippen LogP contribution is 2.31. The molecule has 2 unspecified atom stereocenters. The van der Waals surface area contributed by atoms with Crippen molar-refractivity contribution in [3.63, 3.8) is 0 Å². The summed E-state index contributed by atoms with van der Waals surface area (Å²) in [4.78, 5) is 16.8. The molecule has 2 aromatic rings. The number of carbonyl (C=O) groups is 1. The van der Waals surface area contributed by atoms with E-state index in [1.807, 2.05) is 21.8 Å². The Balaban J connectivity index is 1.38. The van der Waals surface area contributed by atoms with Crippen LogP contribution in [-0.2, 0) is 11.3 Å². The Labute approximate surface area is 154 Å². The number of fused-ring (bicyclic) bond motifs is 1. The summed E-state index contributed by atoms with van der Waals surface area (Å²) in [6.45, 7) is 4.33. The van der Waals surface area contributed by atoms with Gasteiger partial charge in [0.2, 0.25) is 5.91 Å².